The number of halogens is 1. The van der Waals surface area contributed by atoms with Crippen LogP contribution in [0.4, 0.5) is 0 Å². The van der Waals surface area contributed by atoms with Crippen LogP contribution in [0.1, 0.15) is 29.5 Å². The minimum Gasteiger partial charge on any atom is -0.481 e. The van der Waals surface area contributed by atoms with Crippen LogP contribution in [0.5, 0.6) is 5.75 Å². The molecular weight excluding hydrogens is 328 g/mol. The Morgan fingerprint density at radius 3 is 2.58 bits per heavy atom. The average Bonchev–Trinajstić information content (AvgIpc) is 2.54. The average molecular weight is 357 g/mol. The molecule has 0 amide bonds. The molecule has 6 heteroatoms. The maximum atomic E-state index is 11.2. The summed E-state index contributed by atoms with van der Waals surface area (Å²) in [6, 6.07) is 4.90. The number of hydrogen-bond acceptors (Lipinski definition) is 5. The van der Waals surface area contributed by atoms with E-state index < -0.39 is 0 Å². The Morgan fingerprint density at radius 2 is 2.00 bits per heavy atom. The van der Waals surface area contributed by atoms with Gasteiger partial charge >= 0.3 is 5.97 Å². The Kier molecular flexibility index (Phi) is 8.53. The SMILES string of the molecule is CNC1CCCN(Cc2cc(C)c(OCC(=O)OC)c(C)c2)C1.Cl. The number of likely N-dealkylation sites (N-methyl/N-ethyl adjacent to an activating group) is 1. The topological polar surface area (TPSA) is 50.8 Å². The van der Waals surface area contributed by atoms with Gasteiger partial charge in [-0.25, -0.2) is 4.79 Å². The highest BCUT2D eigenvalue weighted by molar-refractivity contribution is 5.85. The third-order valence-corrected chi connectivity index (χ3v) is 4.40. The van der Waals surface area contributed by atoms with Crippen LogP contribution in [0.25, 0.3) is 0 Å². The number of piperidine rings is 1. The van der Waals surface area contributed by atoms with Gasteiger partial charge in [-0.15, -0.1) is 12.4 Å². The van der Waals surface area contributed by atoms with Gasteiger partial charge in [0, 0.05) is 19.1 Å². The summed E-state index contributed by atoms with van der Waals surface area (Å²) in [6.07, 6.45) is 2.50. The van der Waals surface area contributed by atoms with Crippen LogP contribution in [0.15, 0.2) is 12.1 Å². The first kappa shape index (κ1) is 20.7. The number of rotatable bonds is 6. The summed E-state index contributed by atoms with van der Waals surface area (Å²) in [5.74, 6) is 0.421. The van der Waals surface area contributed by atoms with Crippen LogP contribution in [0, 0.1) is 13.8 Å². The number of nitrogens with one attached hydrogen (secondary N) is 1. The van der Waals surface area contributed by atoms with E-state index in [1.165, 1.54) is 25.5 Å². The molecule has 1 aromatic carbocycles. The molecule has 1 unspecified atom stereocenters. The Balaban J connectivity index is 0.00000288. The highest BCUT2D eigenvalue weighted by Crippen LogP contribution is 2.26. The number of ether oxygens (including phenoxy) is 2. The van der Waals surface area contributed by atoms with E-state index in [2.05, 4.69) is 27.1 Å². The monoisotopic (exact) mass is 356 g/mol. The molecule has 0 saturated carbocycles. The van der Waals surface area contributed by atoms with E-state index >= 15 is 0 Å². The van der Waals surface area contributed by atoms with Gasteiger partial charge in [0.05, 0.1) is 7.11 Å². The molecule has 0 bridgehead atoms. The normalized spacial score (nSPS) is 17.9. The maximum Gasteiger partial charge on any atom is 0.343 e. The second-order valence-electron chi connectivity index (χ2n) is 6.29. The van der Waals surface area contributed by atoms with Crippen molar-refractivity contribution in [1.82, 2.24) is 10.2 Å². The summed E-state index contributed by atoms with van der Waals surface area (Å²) in [6.45, 7) is 7.20. The zero-order chi connectivity index (χ0) is 16.8. The highest BCUT2D eigenvalue weighted by Gasteiger charge is 2.19. The largest absolute Gasteiger partial charge is 0.481 e. The van der Waals surface area contributed by atoms with E-state index in [0.717, 1.165) is 36.5 Å². The van der Waals surface area contributed by atoms with Crippen molar-refractivity contribution < 1.29 is 14.3 Å². The molecule has 1 heterocycles. The molecule has 24 heavy (non-hydrogen) atoms. The fraction of sp³-hybridized carbons (Fsp3) is 0.611. The van der Waals surface area contributed by atoms with E-state index in [0.29, 0.717) is 6.04 Å². The molecule has 1 saturated heterocycles. The molecule has 0 aromatic heterocycles. The molecule has 2 rings (SSSR count). The highest BCUT2D eigenvalue weighted by atomic mass is 35.5. The first-order valence-corrected chi connectivity index (χ1v) is 8.22. The van der Waals surface area contributed by atoms with Gasteiger partial charge in [-0.05, 0) is 57.0 Å². The van der Waals surface area contributed by atoms with Crippen LogP contribution in [0.3, 0.4) is 0 Å². The summed E-state index contributed by atoms with van der Waals surface area (Å²) in [7, 11) is 3.40. The molecule has 1 aromatic rings. The molecule has 1 N–H and O–H groups in total. The first-order valence-electron chi connectivity index (χ1n) is 8.22. The van der Waals surface area contributed by atoms with E-state index in [9.17, 15) is 4.79 Å². The number of methoxy groups -OCH3 is 1. The lowest BCUT2D eigenvalue weighted by molar-refractivity contribution is -0.142. The number of carbonyl (C=O) groups is 1. The fourth-order valence-corrected chi connectivity index (χ4v) is 3.24. The predicted octanol–water partition coefficient (Wildman–Crippen LogP) is 2.46. The van der Waals surface area contributed by atoms with Gasteiger partial charge in [-0.3, -0.25) is 4.90 Å². The smallest absolute Gasteiger partial charge is 0.343 e. The summed E-state index contributed by atoms with van der Waals surface area (Å²) in [5, 5.41) is 3.38. The Morgan fingerprint density at radius 1 is 1.33 bits per heavy atom. The van der Waals surface area contributed by atoms with Gasteiger partial charge in [0.2, 0.25) is 0 Å². The van der Waals surface area contributed by atoms with Crippen LogP contribution in [-0.4, -0.2) is 50.8 Å². The maximum absolute atomic E-state index is 11.2. The minimum absolute atomic E-state index is 0. The third-order valence-electron chi connectivity index (χ3n) is 4.40. The van der Waals surface area contributed by atoms with E-state index in [1.807, 2.05) is 20.9 Å². The van der Waals surface area contributed by atoms with Crippen LogP contribution >= 0.6 is 12.4 Å². The molecule has 1 atom stereocenters. The number of aryl methyl sites for hydroxylation is 2. The molecule has 1 aliphatic rings. The number of hydrogen-bond donors (Lipinski definition) is 1. The standard InChI is InChI=1S/C18H28N2O3.ClH/c1-13-8-15(10-20-7-5-6-16(11-20)19-3)9-14(2)18(13)23-12-17(21)22-4;/h8-9,16,19H,5-7,10-12H2,1-4H3;1H. The van der Waals surface area contributed by atoms with E-state index in [4.69, 9.17) is 4.74 Å². The Hall–Kier alpha value is -1.30. The van der Waals surface area contributed by atoms with Gasteiger partial charge in [0.15, 0.2) is 6.61 Å². The van der Waals surface area contributed by atoms with Crippen molar-refractivity contribution in [1.29, 1.82) is 0 Å². The van der Waals surface area contributed by atoms with Crippen molar-refractivity contribution in [2.24, 2.45) is 0 Å². The molecule has 136 valence electrons. The minimum atomic E-state index is -0.362. The van der Waals surface area contributed by atoms with Gasteiger partial charge < -0.3 is 14.8 Å². The molecule has 1 fully saturated rings. The Labute approximate surface area is 151 Å². The zero-order valence-electron chi connectivity index (χ0n) is 15.1. The van der Waals surface area contributed by atoms with Crippen molar-refractivity contribution >= 4 is 18.4 Å². The summed E-state index contributed by atoms with van der Waals surface area (Å²) < 4.78 is 10.2. The van der Waals surface area contributed by atoms with Crippen LogP contribution in [0.2, 0.25) is 0 Å². The van der Waals surface area contributed by atoms with Gasteiger partial charge in [0.1, 0.15) is 5.75 Å². The quantitative estimate of drug-likeness (QED) is 0.793. The molecule has 5 nitrogen and oxygen atoms in total. The second kappa shape index (κ2) is 9.87. The second-order valence-corrected chi connectivity index (χ2v) is 6.29. The lowest BCUT2D eigenvalue weighted by Gasteiger charge is -2.32. The van der Waals surface area contributed by atoms with Crippen molar-refractivity contribution in [3.05, 3.63) is 28.8 Å². The molecule has 1 aliphatic heterocycles. The van der Waals surface area contributed by atoms with Gasteiger partial charge in [0.25, 0.3) is 0 Å². The lowest BCUT2D eigenvalue weighted by atomic mass is 10.0. The van der Waals surface area contributed by atoms with Crippen LogP contribution in [-0.2, 0) is 16.1 Å². The van der Waals surface area contributed by atoms with E-state index in [1.54, 1.807) is 0 Å². The predicted molar refractivity (Wildman–Crippen MR) is 98.0 cm³/mol. The number of carbonyl (C=O) groups excluding carboxylic acids is 1. The van der Waals surface area contributed by atoms with E-state index in [-0.39, 0.29) is 25.0 Å². The van der Waals surface area contributed by atoms with Crippen molar-refractivity contribution in [2.45, 2.75) is 39.3 Å². The van der Waals surface area contributed by atoms with Gasteiger partial charge in [-0.2, -0.15) is 0 Å². The number of nitrogens with zero attached hydrogens (tertiary/aromatic N) is 1. The first-order chi connectivity index (χ1) is 11.0. The van der Waals surface area contributed by atoms with Crippen molar-refractivity contribution in [3.8, 4) is 5.75 Å². The van der Waals surface area contributed by atoms with Gasteiger partial charge in [-0.1, -0.05) is 12.1 Å². The molecular formula is C18H29ClN2O3. The number of esters is 1. The number of benzene rings is 1. The molecule has 0 aliphatic carbocycles. The van der Waals surface area contributed by atoms with Crippen molar-refractivity contribution in [2.75, 3.05) is 33.9 Å². The van der Waals surface area contributed by atoms with Crippen LogP contribution < -0.4 is 10.1 Å². The molecule has 0 spiro atoms. The summed E-state index contributed by atoms with van der Waals surface area (Å²) >= 11 is 0. The number of likely N-dealkylation sites (tertiary alicyclic amines) is 1. The summed E-state index contributed by atoms with van der Waals surface area (Å²) in [4.78, 5) is 13.7. The lowest BCUT2D eigenvalue weighted by Crippen LogP contribution is -2.43. The fourth-order valence-electron chi connectivity index (χ4n) is 3.24. The van der Waals surface area contributed by atoms with Crippen molar-refractivity contribution in [3.63, 3.8) is 0 Å². The Bertz CT molecular complexity index is 528. The zero-order valence-corrected chi connectivity index (χ0v) is 15.9. The summed E-state index contributed by atoms with van der Waals surface area (Å²) in [5.41, 5.74) is 3.42. The molecule has 0 radical (unpaired) electrons. The third kappa shape index (κ3) is 5.65.